The summed E-state index contributed by atoms with van der Waals surface area (Å²) in [7, 11) is 0. The van der Waals surface area contributed by atoms with E-state index in [-0.39, 0.29) is 5.54 Å². The van der Waals surface area contributed by atoms with E-state index in [1.807, 2.05) is 32.0 Å². The zero-order valence-electron chi connectivity index (χ0n) is 12.6. The molecule has 0 aliphatic rings. The van der Waals surface area contributed by atoms with Gasteiger partial charge in [-0.2, -0.15) is 0 Å². The maximum absolute atomic E-state index is 6.20. The number of hydrogen-bond acceptors (Lipinski definition) is 4. The van der Waals surface area contributed by atoms with Crippen LogP contribution in [0.2, 0.25) is 0 Å². The first kappa shape index (κ1) is 15.0. The van der Waals surface area contributed by atoms with Crippen molar-refractivity contribution in [1.29, 1.82) is 0 Å². The number of ether oxygens (including phenoxy) is 1. The lowest BCUT2D eigenvalue weighted by Crippen LogP contribution is -2.28. The Morgan fingerprint density at radius 2 is 2.10 bits per heavy atom. The molecular weight excluding hydrogens is 268 g/mol. The summed E-state index contributed by atoms with van der Waals surface area (Å²) in [6.45, 7) is 8.70. The molecule has 0 aliphatic heterocycles. The molecule has 2 N–H and O–H groups in total. The molecule has 0 fully saturated rings. The SMILES string of the molecule is CCc1nc(COc2cccc(C)c2)sc1C(C)(C)N. The number of benzene rings is 1. The maximum atomic E-state index is 6.20. The summed E-state index contributed by atoms with van der Waals surface area (Å²) < 4.78 is 5.81. The van der Waals surface area contributed by atoms with Crippen molar-refractivity contribution in [2.75, 3.05) is 0 Å². The highest BCUT2D eigenvalue weighted by Gasteiger charge is 2.22. The fraction of sp³-hybridized carbons (Fsp3) is 0.438. The summed E-state index contributed by atoms with van der Waals surface area (Å²) >= 11 is 1.65. The Balaban J connectivity index is 2.12. The second-order valence-electron chi connectivity index (χ2n) is 5.56. The number of nitrogens with zero attached hydrogens (tertiary/aromatic N) is 1. The average molecular weight is 290 g/mol. The van der Waals surface area contributed by atoms with E-state index in [4.69, 9.17) is 10.5 Å². The Kier molecular flexibility index (Phi) is 4.45. The summed E-state index contributed by atoms with van der Waals surface area (Å²) in [6.07, 6.45) is 0.900. The van der Waals surface area contributed by atoms with E-state index in [2.05, 4.69) is 24.9 Å². The molecule has 0 saturated heterocycles. The van der Waals surface area contributed by atoms with Gasteiger partial charge < -0.3 is 10.5 Å². The molecule has 0 unspecified atom stereocenters. The van der Waals surface area contributed by atoms with Crippen molar-refractivity contribution in [3.8, 4) is 5.75 Å². The molecule has 3 nitrogen and oxygen atoms in total. The van der Waals surface area contributed by atoms with Gasteiger partial charge in [0.15, 0.2) is 0 Å². The van der Waals surface area contributed by atoms with E-state index in [9.17, 15) is 0 Å². The smallest absolute Gasteiger partial charge is 0.140 e. The van der Waals surface area contributed by atoms with Gasteiger partial charge in [-0.3, -0.25) is 0 Å². The van der Waals surface area contributed by atoms with Crippen LogP contribution in [0.25, 0.3) is 0 Å². The highest BCUT2D eigenvalue weighted by Crippen LogP contribution is 2.29. The summed E-state index contributed by atoms with van der Waals surface area (Å²) in [5, 5.41) is 0.983. The second kappa shape index (κ2) is 5.94. The highest BCUT2D eigenvalue weighted by molar-refractivity contribution is 7.11. The first-order chi connectivity index (χ1) is 9.40. The van der Waals surface area contributed by atoms with Crippen LogP contribution in [-0.4, -0.2) is 4.98 Å². The molecule has 2 rings (SSSR count). The fourth-order valence-corrected chi connectivity index (χ4v) is 3.14. The molecule has 0 amide bonds. The van der Waals surface area contributed by atoms with Gasteiger partial charge in [0.1, 0.15) is 17.4 Å². The molecule has 4 heteroatoms. The quantitative estimate of drug-likeness (QED) is 0.911. The third-order valence-corrected chi connectivity index (χ3v) is 4.42. The van der Waals surface area contributed by atoms with E-state index in [0.717, 1.165) is 27.7 Å². The molecule has 0 spiro atoms. The van der Waals surface area contributed by atoms with Crippen molar-refractivity contribution >= 4 is 11.3 Å². The maximum Gasteiger partial charge on any atom is 0.140 e. The van der Waals surface area contributed by atoms with Crippen LogP contribution in [0.15, 0.2) is 24.3 Å². The topological polar surface area (TPSA) is 48.1 Å². The Morgan fingerprint density at radius 3 is 2.65 bits per heavy atom. The van der Waals surface area contributed by atoms with Crippen LogP contribution in [0.4, 0.5) is 0 Å². The van der Waals surface area contributed by atoms with Crippen LogP contribution in [0, 0.1) is 6.92 Å². The van der Waals surface area contributed by atoms with Gasteiger partial charge in [-0.25, -0.2) is 4.98 Å². The van der Waals surface area contributed by atoms with Crippen LogP contribution < -0.4 is 10.5 Å². The molecule has 20 heavy (non-hydrogen) atoms. The predicted octanol–water partition coefficient (Wildman–Crippen LogP) is 3.79. The largest absolute Gasteiger partial charge is 0.486 e. The van der Waals surface area contributed by atoms with Gasteiger partial charge in [-0.1, -0.05) is 19.1 Å². The number of hydrogen-bond donors (Lipinski definition) is 1. The zero-order chi connectivity index (χ0) is 14.8. The van der Waals surface area contributed by atoms with E-state index in [0.29, 0.717) is 6.61 Å². The average Bonchev–Trinajstić information content (AvgIpc) is 2.80. The first-order valence-corrected chi connectivity index (χ1v) is 7.69. The standard InChI is InChI=1S/C16H22N2OS/c1-5-13-15(16(3,4)17)20-14(18-13)10-19-12-8-6-7-11(2)9-12/h6-9H,5,10,17H2,1-4H3. The molecule has 1 aromatic heterocycles. The Morgan fingerprint density at radius 1 is 1.35 bits per heavy atom. The Labute approximate surface area is 124 Å². The van der Waals surface area contributed by atoms with Gasteiger partial charge in [0.25, 0.3) is 0 Å². The fourth-order valence-electron chi connectivity index (χ4n) is 2.06. The minimum absolute atomic E-state index is 0.343. The number of thiazole rings is 1. The molecule has 0 saturated carbocycles. The van der Waals surface area contributed by atoms with Crippen LogP contribution in [0.5, 0.6) is 5.75 Å². The predicted molar refractivity (Wildman–Crippen MR) is 84.2 cm³/mol. The molecule has 0 bridgehead atoms. The van der Waals surface area contributed by atoms with Crippen molar-refractivity contribution in [2.45, 2.75) is 46.3 Å². The summed E-state index contributed by atoms with van der Waals surface area (Å²) in [6, 6.07) is 8.05. The lowest BCUT2D eigenvalue weighted by molar-refractivity contribution is 0.305. The lowest BCUT2D eigenvalue weighted by atomic mass is 10.0. The zero-order valence-corrected chi connectivity index (χ0v) is 13.4. The molecule has 0 atom stereocenters. The number of aromatic nitrogens is 1. The van der Waals surface area contributed by atoms with Gasteiger partial charge >= 0.3 is 0 Å². The van der Waals surface area contributed by atoms with Crippen molar-refractivity contribution in [2.24, 2.45) is 5.73 Å². The van der Waals surface area contributed by atoms with Crippen LogP contribution in [0.1, 0.15) is 41.9 Å². The molecular formula is C16H22N2OS. The van der Waals surface area contributed by atoms with Crippen LogP contribution in [0.3, 0.4) is 0 Å². The van der Waals surface area contributed by atoms with Crippen molar-refractivity contribution in [3.63, 3.8) is 0 Å². The highest BCUT2D eigenvalue weighted by atomic mass is 32.1. The second-order valence-corrected chi connectivity index (χ2v) is 6.65. The monoisotopic (exact) mass is 290 g/mol. The molecule has 108 valence electrons. The van der Waals surface area contributed by atoms with Gasteiger partial charge in [-0.05, 0) is 44.9 Å². The Hall–Kier alpha value is -1.39. The molecule has 2 aromatic rings. The number of rotatable bonds is 5. The van der Waals surface area contributed by atoms with E-state index in [1.165, 1.54) is 5.56 Å². The minimum atomic E-state index is -0.343. The van der Waals surface area contributed by atoms with Crippen LogP contribution >= 0.6 is 11.3 Å². The van der Waals surface area contributed by atoms with Crippen LogP contribution in [-0.2, 0) is 18.6 Å². The van der Waals surface area contributed by atoms with Gasteiger partial charge in [-0.15, -0.1) is 11.3 Å². The van der Waals surface area contributed by atoms with Crippen molar-refractivity contribution in [1.82, 2.24) is 4.98 Å². The van der Waals surface area contributed by atoms with Gasteiger partial charge in [0.2, 0.25) is 0 Å². The minimum Gasteiger partial charge on any atom is -0.486 e. The molecule has 0 radical (unpaired) electrons. The summed E-state index contributed by atoms with van der Waals surface area (Å²) in [5.74, 6) is 0.881. The van der Waals surface area contributed by atoms with E-state index < -0.39 is 0 Å². The van der Waals surface area contributed by atoms with Gasteiger partial charge in [0.05, 0.1) is 5.69 Å². The van der Waals surface area contributed by atoms with Crippen molar-refractivity contribution in [3.05, 3.63) is 45.4 Å². The van der Waals surface area contributed by atoms with E-state index in [1.54, 1.807) is 11.3 Å². The number of nitrogens with two attached hydrogens (primary N) is 1. The third kappa shape index (κ3) is 3.58. The number of aryl methyl sites for hydroxylation is 2. The lowest BCUT2D eigenvalue weighted by Gasteiger charge is -2.17. The Bertz CT molecular complexity index is 584. The first-order valence-electron chi connectivity index (χ1n) is 6.87. The van der Waals surface area contributed by atoms with Gasteiger partial charge in [0, 0.05) is 10.4 Å². The molecule has 0 aliphatic carbocycles. The molecule has 1 aromatic carbocycles. The third-order valence-electron chi connectivity index (χ3n) is 3.01. The summed E-state index contributed by atoms with van der Waals surface area (Å²) in [4.78, 5) is 5.80. The van der Waals surface area contributed by atoms with E-state index >= 15 is 0 Å². The van der Waals surface area contributed by atoms with Crippen molar-refractivity contribution < 1.29 is 4.74 Å². The summed E-state index contributed by atoms with van der Waals surface area (Å²) in [5.41, 5.74) is 8.14. The molecule has 1 heterocycles. The normalized spacial score (nSPS) is 11.7.